The Kier molecular flexibility index (Phi) is 6.34. The van der Waals surface area contributed by atoms with E-state index >= 15 is 0 Å². The molecule has 0 saturated heterocycles. The molecule has 1 unspecified atom stereocenters. The highest BCUT2D eigenvalue weighted by Crippen LogP contribution is 2.44. The van der Waals surface area contributed by atoms with Crippen molar-refractivity contribution >= 4 is 45.5 Å². The molecule has 1 aliphatic carbocycles. The first kappa shape index (κ1) is 22.4. The fourth-order valence-corrected chi connectivity index (χ4v) is 5.69. The van der Waals surface area contributed by atoms with Crippen molar-refractivity contribution in [2.45, 2.75) is 53.9 Å². The quantitative estimate of drug-likeness (QED) is 0.598. The second-order valence-corrected chi connectivity index (χ2v) is 10.7. The zero-order chi connectivity index (χ0) is 22.2. The predicted octanol–water partition coefficient (Wildman–Crippen LogP) is 4.74. The van der Waals surface area contributed by atoms with Gasteiger partial charge in [0, 0.05) is 10.4 Å². The molecule has 7 heteroatoms. The van der Waals surface area contributed by atoms with Gasteiger partial charge in [-0.25, -0.2) is 0 Å². The van der Waals surface area contributed by atoms with Gasteiger partial charge in [0.2, 0.25) is 0 Å². The molecule has 5 nitrogen and oxygen atoms in total. The summed E-state index contributed by atoms with van der Waals surface area (Å²) in [6, 6.07) is 5.64. The minimum absolute atomic E-state index is 0.160. The van der Waals surface area contributed by atoms with Crippen LogP contribution in [0.1, 0.15) is 69.5 Å². The minimum atomic E-state index is -0.465. The third-order valence-electron chi connectivity index (χ3n) is 5.67. The number of nitrogens with one attached hydrogen (secondary N) is 2. The van der Waals surface area contributed by atoms with Crippen LogP contribution >= 0.6 is 23.6 Å². The molecule has 1 aromatic heterocycles. The summed E-state index contributed by atoms with van der Waals surface area (Å²) >= 11 is 6.87. The maximum Gasteiger partial charge on any atom is 0.257 e. The fraction of sp³-hybridized carbons (Fsp3) is 0.435. The number of nitrogens with two attached hydrogens (primary N) is 1. The van der Waals surface area contributed by atoms with Crippen LogP contribution in [-0.2, 0) is 12.8 Å². The van der Waals surface area contributed by atoms with Crippen LogP contribution < -0.4 is 16.4 Å². The smallest absolute Gasteiger partial charge is 0.257 e. The highest BCUT2D eigenvalue weighted by atomic mass is 32.1. The maximum absolute atomic E-state index is 12.6. The van der Waals surface area contributed by atoms with Crippen molar-refractivity contribution in [1.29, 1.82) is 0 Å². The van der Waals surface area contributed by atoms with Gasteiger partial charge in [0.25, 0.3) is 11.8 Å². The number of amides is 2. The van der Waals surface area contributed by atoms with E-state index < -0.39 is 5.91 Å². The van der Waals surface area contributed by atoms with Crippen LogP contribution in [0.15, 0.2) is 18.2 Å². The lowest BCUT2D eigenvalue weighted by Gasteiger charge is -2.33. The molecule has 30 heavy (non-hydrogen) atoms. The topological polar surface area (TPSA) is 84.2 Å². The summed E-state index contributed by atoms with van der Waals surface area (Å²) in [4.78, 5) is 26.0. The Morgan fingerprint density at radius 2 is 1.80 bits per heavy atom. The SMILES string of the molecule is Cc1cc(C)cc(C(=O)NC(=S)Nc2sc3c(c2C(N)=O)CCC(C(C)(C)C)C3)c1. The normalized spacial score (nSPS) is 16.0. The number of fused-ring (bicyclic) bond motifs is 1. The third kappa shape index (κ3) is 4.90. The van der Waals surface area contributed by atoms with E-state index in [4.69, 9.17) is 18.0 Å². The number of benzene rings is 1. The number of rotatable bonds is 3. The Balaban J connectivity index is 1.79. The predicted molar refractivity (Wildman–Crippen MR) is 127 cm³/mol. The maximum atomic E-state index is 12.6. The fourth-order valence-electron chi connectivity index (χ4n) is 4.09. The van der Waals surface area contributed by atoms with E-state index in [1.807, 2.05) is 32.0 Å². The van der Waals surface area contributed by atoms with Gasteiger partial charge in [-0.05, 0) is 74.4 Å². The first-order valence-electron chi connectivity index (χ1n) is 10.1. The lowest BCUT2D eigenvalue weighted by molar-refractivity contribution is 0.0975. The van der Waals surface area contributed by atoms with Gasteiger partial charge in [-0.2, -0.15) is 0 Å². The van der Waals surface area contributed by atoms with Gasteiger partial charge in [0.1, 0.15) is 5.00 Å². The van der Waals surface area contributed by atoms with E-state index in [1.165, 1.54) is 16.2 Å². The molecule has 0 fully saturated rings. The van der Waals surface area contributed by atoms with Crippen LogP contribution in [-0.4, -0.2) is 16.9 Å². The standard InChI is InChI=1S/C23H29N3O2S2/c1-12-8-13(2)10-14(9-12)20(28)25-22(29)26-21-18(19(24)27)16-7-6-15(23(3,4)5)11-17(16)30-21/h8-10,15H,6-7,11H2,1-5H3,(H2,24,27)(H2,25,26,28,29). The monoisotopic (exact) mass is 443 g/mol. The van der Waals surface area contributed by atoms with Crippen LogP contribution in [0.3, 0.4) is 0 Å². The largest absolute Gasteiger partial charge is 0.365 e. The van der Waals surface area contributed by atoms with E-state index in [0.29, 0.717) is 22.0 Å². The second kappa shape index (κ2) is 8.47. The van der Waals surface area contributed by atoms with Crippen molar-refractivity contribution in [2.75, 3.05) is 5.32 Å². The van der Waals surface area contributed by atoms with Crippen molar-refractivity contribution < 1.29 is 9.59 Å². The molecule has 1 aliphatic rings. The molecule has 0 saturated carbocycles. The number of anilines is 1. The Morgan fingerprint density at radius 1 is 1.17 bits per heavy atom. The summed E-state index contributed by atoms with van der Waals surface area (Å²) in [7, 11) is 0. The van der Waals surface area contributed by atoms with Crippen molar-refractivity contribution in [1.82, 2.24) is 5.32 Å². The zero-order valence-electron chi connectivity index (χ0n) is 18.1. The number of primary amides is 1. The molecule has 0 aliphatic heterocycles. The van der Waals surface area contributed by atoms with Gasteiger partial charge < -0.3 is 11.1 Å². The van der Waals surface area contributed by atoms with Gasteiger partial charge in [0.15, 0.2) is 5.11 Å². The van der Waals surface area contributed by atoms with Crippen LogP contribution in [0.2, 0.25) is 0 Å². The summed E-state index contributed by atoms with van der Waals surface area (Å²) in [6.07, 6.45) is 2.78. The van der Waals surface area contributed by atoms with Crippen molar-refractivity contribution in [3.8, 4) is 0 Å². The summed E-state index contributed by atoms with van der Waals surface area (Å²) in [6.45, 7) is 10.6. The molecule has 1 aromatic carbocycles. The van der Waals surface area contributed by atoms with Gasteiger partial charge in [-0.15, -0.1) is 11.3 Å². The van der Waals surface area contributed by atoms with Gasteiger partial charge in [0.05, 0.1) is 5.56 Å². The first-order valence-corrected chi connectivity index (χ1v) is 11.3. The van der Waals surface area contributed by atoms with Crippen LogP contribution in [0.4, 0.5) is 5.00 Å². The number of thiophene rings is 1. The van der Waals surface area contributed by atoms with E-state index in [1.54, 1.807) is 0 Å². The molecule has 4 N–H and O–H groups in total. The number of carbonyl (C=O) groups is 2. The molecule has 1 heterocycles. The van der Waals surface area contributed by atoms with Gasteiger partial charge in [-0.1, -0.05) is 38.0 Å². The molecule has 1 atom stereocenters. The van der Waals surface area contributed by atoms with Crippen LogP contribution in [0.5, 0.6) is 0 Å². The van der Waals surface area contributed by atoms with Gasteiger partial charge in [-0.3, -0.25) is 14.9 Å². The Morgan fingerprint density at radius 3 is 2.37 bits per heavy atom. The van der Waals surface area contributed by atoms with Crippen molar-refractivity contribution in [3.63, 3.8) is 0 Å². The second-order valence-electron chi connectivity index (χ2n) is 9.16. The average Bonchev–Trinajstić information content (AvgIpc) is 2.96. The van der Waals surface area contributed by atoms with Crippen LogP contribution in [0.25, 0.3) is 0 Å². The lowest BCUT2D eigenvalue weighted by Crippen LogP contribution is -2.34. The molecule has 0 radical (unpaired) electrons. The van der Waals surface area contributed by atoms with E-state index in [-0.39, 0.29) is 16.4 Å². The van der Waals surface area contributed by atoms with E-state index in [2.05, 4.69) is 31.4 Å². The molecule has 0 spiro atoms. The first-order chi connectivity index (χ1) is 14.0. The van der Waals surface area contributed by atoms with E-state index in [0.717, 1.165) is 36.0 Å². The van der Waals surface area contributed by atoms with Crippen molar-refractivity contribution in [2.24, 2.45) is 17.1 Å². The third-order valence-corrected chi connectivity index (χ3v) is 7.05. The Bertz CT molecular complexity index is 998. The van der Waals surface area contributed by atoms with E-state index in [9.17, 15) is 9.59 Å². The number of hydrogen-bond acceptors (Lipinski definition) is 4. The molecule has 2 amide bonds. The highest BCUT2D eigenvalue weighted by Gasteiger charge is 2.33. The lowest BCUT2D eigenvalue weighted by atomic mass is 9.72. The number of thiocarbonyl (C=S) groups is 1. The number of carbonyl (C=O) groups excluding carboxylic acids is 2. The summed E-state index contributed by atoms with van der Waals surface area (Å²) in [5.41, 5.74) is 10.0. The summed E-state index contributed by atoms with van der Waals surface area (Å²) in [5.74, 6) is -0.199. The Labute approximate surface area is 187 Å². The van der Waals surface area contributed by atoms with Crippen molar-refractivity contribution in [3.05, 3.63) is 50.9 Å². The zero-order valence-corrected chi connectivity index (χ0v) is 19.8. The highest BCUT2D eigenvalue weighted by molar-refractivity contribution is 7.80. The number of aryl methyl sites for hydroxylation is 2. The molecule has 3 rings (SSSR count). The van der Waals surface area contributed by atoms with Gasteiger partial charge >= 0.3 is 0 Å². The molecular weight excluding hydrogens is 414 g/mol. The molecule has 2 aromatic rings. The van der Waals surface area contributed by atoms with Crippen LogP contribution in [0, 0.1) is 25.2 Å². The summed E-state index contributed by atoms with van der Waals surface area (Å²) < 4.78 is 0. The molecule has 160 valence electrons. The minimum Gasteiger partial charge on any atom is -0.365 e. The average molecular weight is 444 g/mol. The summed E-state index contributed by atoms with van der Waals surface area (Å²) in [5, 5.41) is 6.54. The molecule has 0 bridgehead atoms. The molecular formula is C23H29N3O2S2. The number of hydrogen-bond donors (Lipinski definition) is 3. The Hall–Kier alpha value is -2.25.